The lowest BCUT2D eigenvalue weighted by molar-refractivity contribution is -0.120. The summed E-state index contributed by atoms with van der Waals surface area (Å²) in [6.45, 7) is 4.73. The first-order chi connectivity index (χ1) is 10.3. The van der Waals surface area contributed by atoms with E-state index in [4.69, 9.17) is 5.14 Å². The van der Waals surface area contributed by atoms with Crippen molar-refractivity contribution < 1.29 is 13.2 Å². The zero-order valence-corrected chi connectivity index (χ0v) is 13.7. The second-order valence-corrected chi connectivity index (χ2v) is 7.32. The maximum absolute atomic E-state index is 12.3. The number of aryl methyl sites for hydroxylation is 1. The molecule has 0 spiro atoms. The summed E-state index contributed by atoms with van der Waals surface area (Å²) in [5, 5.41) is 11.4. The summed E-state index contributed by atoms with van der Waals surface area (Å²) in [6, 6.07) is 5.17. The SMILES string of the molecule is CCc1ccc(NC(=O)[C@H]2CCN[C@@H](C)C2)cc1S(N)(=O)=O. The minimum absolute atomic E-state index is 0.0555. The molecule has 0 bridgehead atoms. The third-order valence-corrected chi connectivity index (χ3v) is 5.01. The summed E-state index contributed by atoms with van der Waals surface area (Å²) >= 11 is 0. The minimum atomic E-state index is -3.80. The van der Waals surface area contributed by atoms with Gasteiger partial charge in [-0.2, -0.15) is 0 Å². The smallest absolute Gasteiger partial charge is 0.238 e. The molecule has 1 saturated heterocycles. The number of nitrogens with one attached hydrogen (secondary N) is 2. The van der Waals surface area contributed by atoms with E-state index in [2.05, 4.69) is 17.6 Å². The van der Waals surface area contributed by atoms with Crippen molar-refractivity contribution in [2.24, 2.45) is 11.1 Å². The van der Waals surface area contributed by atoms with Crippen LogP contribution in [0, 0.1) is 5.92 Å². The number of carbonyl (C=O) groups excluding carboxylic acids is 1. The number of nitrogens with two attached hydrogens (primary N) is 1. The molecule has 7 heteroatoms. The fraction of sp³-hybridized carbons (Fsp3) is 0.533. The average Bonchev–Trinajstić information content (AvgIpc) is 2.46. The first kappa shape index (κ1) is 16.9. The first-order valence-electron chi connectivity index (χ1n) is 7.51. The molecular formula is C15H23N3O3S. The molecule has 0 aromatic heterocycles. The quantitative estimate of drug-likeness (QED) is 0.775. The third-order valence-electron chi connectivity index (χ3n) is 4.02. The Labute approximate surface area is 131 Å². The Morgan fingerprint density at radius 1 is 1.45 bits per heavy atom. The second kappa shape index (κ2) is 6.76. The molecule has 0 unspecified atom stereocenters. The largest absolute Gasteiger partial charge is 0.326 e. The number of amides is 1. The van der Waals surface area contributed by atoms with Crippen molar-refractivity contribution >= 4 is 21.6 Å². The lowest BCUT2D eigenvalue weighted by atomic mass is 9.92. The molecule has 1 amide bonds. The number of hydrogen-bond acceptors (Lipinski definition) is 4. The van der Waals surface area contributed by atoms with E-state index >= 15 is 0 Å². The fourth-order valence-corrected chi connectivity index (χ4v) is 3.67. The molecule has 1 heterocycles. The van der Waals surface area contributed by atoms with Crippen LogP contribution in [0.25, 0.3) is 0 Å². The van der Waals surface area contributed by atoms with E-state index in [0.717, 1.165) is 19.4 Å². The van der Waals surface area contributed by atoms with Gasteiger partial charge in [0, 0.05) is 17.6 Å². The summed E-state index contributed by atoms with van der Waals surface area (Å²) in [5.41, 5.74) is 1.12. The fourth-order valence-electron chi connectivity index (χ4n) is 2.80. The highest BCUT2D eigenvalue weighted by atomic mass is 32.2. The van der Waals surface area contributed by atoms with Crippen LogP contribution in [-0.2, 0) is 21.2 Å². The minimum Gasteiger partial charge on any atom is -0.326 e. The lowest BCUT2D eigenvalue weighted by Crippen LogP contribution is -2.40. The molecule has 1 aliphatic rings. The second-order valence-electron chi connectivity index (χ2n) is 5.79. The van der Waals surface area contributed by atoms with Crippen molar-refractivity contribution in [3.63, 3.8) is 0 Å². The molecule has 22 heavy (non-hydrogen) atoms. The van der Waals surface area contributed by atoms with Gasteiger partial charge in [0.2, 0.25) is 15.9 Å². The van der Waals surface area contributed by atoms with Crippen molar-refractivity contribution in [2.45, 2.75) is 44.0 Å². The molecule has 6 nitrogen and oxygen atoms in total. The monoisotopic (exact) mass is 325 g/mol. The molecule has 1 aromatic rings. The predicted octanol–water partition coefficient (Wildman–Crippen LogP) is 1.22. The standard InChI is InChI=1S/C15H23N3O3S/c1-3-11-4-5-13(9-14(11)22(16,20)21)18-15(19)12-6-7-17-10(2)8-12/h4-5,9-10,12,17H,3,6-8H2,1-2H3,(H,18,19)(H2,16,20,21)/t10-,12-/m0/s1. The Balaban J connectivity index is 2.18. The zero-order chi connectivity index (χ0) is 16.3. The van der Waals surface area contributed by atoms with Crippen LogP contribution < -0.4 is 15.8 Å². The zero-order valence-electron chi connectivity index (χ0n) is 12.9. The first-order valence-corrected chi connectivity index (χ1v) is 9.06. The van der Waals surface area contributed by atoms with E-state index in [1.807, 2.05) is 6.92 Å². The molecule has 1 fully saturated rings. The van der Waals surface area contributed by atoms with Crippen LogP contribution in [0.4, 0.5) is 5.69 Å². The van der Waals surface area contributed by atoms with Gasteiger partial charge in [0.15, 0.2) is 0 Å². The molecule has 1 aliphatic heterocycles. The van der Waals surface area contributed by atoms with Crippen LogP contribution in [0.5, 0.6) is 0 Å². The van der Waals surface area contributed by atoms with Gasteiger partial charge in [0.25, 0.3) is 0 Å². The van der Waals surface area contributed by atoms with Crippen LogP contribution in [0.15, 0.2) is 23.1 Å². The Morgan fingerprint density at radius 3 is 2.77 bits per heavy atom. The van der Waals surface area contributed by atoms with E-state index in [1.54, 1.807) is 12.1 Å². The van der Waals surface area contributed by atoms with Gasteiger partial charge in [-0.3, -0.25) is 4.79 Å². The van der Waals surface area contributed by atoms with Gasteiger partial charge < -0.3 is 10.6 Å². The molecular weight excluding hydrogens is 302 g/mol. The number of primary sulfonamides is 1. The van der Waals surface area contributed by atoms with Gasteiger partial charge in [0.05, 0.1) is 4.90 Å². The number of anilines is 1. The van der Waals surface area contributed by atoms with E-state index in [-0.39, 0.29) is 16.7 Å². The lowest BCUT2D eigenvalue weighted by Gasteiger charge is -2.27. The molecule has 2 rings (SSSR count). The topological polar surface area (TPSA) is 101 Å². The Morgan fingerprint density at radius 2 is 2.18 bits per heavy atom. The number of hydrogen-bond donors (Lipinski definition) is 3. The van der Waals surface area contributed by atoms with Crippen molar-refractivity contribution in [3.05, 3.63) is 23.8 Å². The van der Waals surface area contributed by atoms with Gasteiger partial charge in [0.1, 0.15) is 0 Å². The number of sulfonamides is 1. The molecule has 122 valence electrons. The van der Waals surface area contributed by atoms with Crippen molar-refractivity contribution in [1.29, 1.82) is 0 Å². The number of rotatable bonds is 4. The molecule has 0 saturated carbocycles. The van der Waals surface area contributed by atoms with Gasteiger partial charge >= 0.3 is 0 Å². The van der Waals surface area contributed by atoms with Crippen molar-refractivity contribution in [3.8, 4) is 0 Å². The van der Waals surface area contributed by atoms with Crippen LogP contribution in [0.2, 0.25) is 0 Å². The normalized spacial score (nSPS) is 22.3. The van der Waals surface area contributed by atoms with E-state index in [9.17, 15) is 13.2 Å². The average molecular weight is 325 g/mol. The van der Waals surface area contributed by atoms with Crippen molar-refractivity contribution in [1.82, 2.24) is 5.32 Å². The highest BCUT2D eigenvalue weighted by molar-refractivity contribution is 7.89. The number of benzene rings is 1. The van der Waals surface area contributed by atoms with Crippen LogP contribution in [0.1, 0.15) is 32.3 Å². The van der Waals surface area contributed by atoms with Crippen LogP contribution >= 0.6 is 0 Å². The number of piperidine rings is 1. The molecule has 0 radical (unpaired) electrons. The molecule has 1 aromatic carbocycles. The molecule has 0 aliphatic carbocycles. The summed E-state index contributed by atoms with van der Waals surface area (Å²) in [5.74, 6) is -0.127. The van der Waals surface area contributed by atoms with Gasteiger partial charge in [-0.1, -0.05) is 13.0 Å². The van der Waals surface area contributed by atoms with Gasteiger partial charge in [-0.25, -0.2) is 13.6 Å². The number of carbonyl (C=O) groups is 1. The van der Waals surface area contributed by atoms with Crippen LogP contribution in [-0.4, -0.2) is 26.9 Å². The van der Waals surface area contributed by atoms with E-state index < -0.39 is 10.0 Å². The van der Waals surface area contributed by atoms with Crippen LogP contribution in [0.3, 0.4) is 0 Å². The Bertz CT molecular complexity index is 658. The molecule has 2 atom stereocenters. The Kier molecular flexibility index (Phi) is 5.20. The summed E-state index contributed by atoms with van der Waals surface area (Å²) < 4.78 is 23.3. The predicted molar refractivity (Wildman–Crippen MR) is 86.0 cm³/mol. The third kappa shape index (κ3) is 4.06. The Hall–Kier alpha value is -1.44. The highest BCUT2D eigenvalue weighted by Gasteiger charge is 2.25. The maximum atomic E-state index is 12.3. The summed E-state index contributed by atoms with van der Waals surface area (Å²) in [4.78, 5) is 12.4. The highest BCUT2D eigenvalue weighted by Crippen LogP contribution is 2.23. The van der Waals surface area contributed by atoms with Gasteiger partial charge in [-0.15, -0.1) is 0 Å². The summed E-state index contributed by atoms with van der Waals surface area (Å²) in [6.07, 6.45) is 2.12. The van der Waals surface area contributed by atoms with E-state index in [0.29, 0.717) is 23.7 Å². The molecule has 4 N–H and O–H groups in total. The van der Waals surface area contributed by atoms with E-state index in [1.165, 1.54) is 6.07 Å². The summed E-state index contributed by atoms with van der Waals surface area (Å²) in [7, 11) is -3.80. The van der Waals surface area contributed by atoms with Gasteiger partial charge in [-0.05, 0) is 50.4 Å². The van der Waals surface area contributed by atoms with Crippen molar-refractivity contribution in [2.75, 3.05) is 11.9 Å². The maximum Gasteiger partial charge on any atom is 0.238 e.